The van der Waals surface area contributed by atoms with Crippen LogP contribution in [-0.4, -0.2) is 25.1 Å². The number of nitrogens with one attached hydrogen (secondary N) is 2. The highest BCUT2D eigenvalue weighted by Gasteiger charge is 2.17. The molecular weight excluding hydrogens is 264 g/mol. The zero-order valence-corrected chi connectivity index (χ0v) is 13.0. The van der Waals surface area contributed by atoms with Gasteiger partial charge in [-0.15, -0.1) is 0 Å². The molecule has 0 saturated carbocycles. The van der Waals surface area contributed by atoms with Crippen molar-refractivity contribution < 1.29 is 9.53 Å². The van der Waals surface area contributed by atoms with E-state index in [1.807, 2.05) is 24.3 Å². The molecule has 0 radical (unpaired) electrons. The molecule has 4 heteroatoms. The molecule has 2 rings (SSSR count). The van der Waals surface area contributed by atoms with Crippen LogP contribution in [0.25, 0.3) is 0 Å². The summed E-state index contributed by atoms with van der Waals surface area (Å²) in [6.45, 7) is 6.56. The lowest BCUT2D eigenvalue weighted by molar-refractivity contribution is -0.121. The van der Waals surface area contributed by atoms with E-state index in [1.165, 1.54) is 6.42 Å². The summed E-state index contributed by atoms with van der Waals surface area (Å²) in [4.78, 5) is 11.9. The second-order valence-corrected chi connectivity index (χ2v) is 6.13. The van der Waals surface area contributed by atoms with Crippen molar-refractivity contribution in [3.05, 3.63) is 29.8 Å². The molecule has 1 heterocycles. The zero-order valence-electron chi connectivity index (χ0n) is 13.0. The third-order valence-electron chi connectivity index (χ3n) is 3.57. The Bertz CT molecular complexity index is 454. The van der Waals surface area contributed by atoms with Gasteiger partial charge in [-0.25, -0.2) is 0 Å². The molecule has 116 valence electrons. The largest absolute Gasteiger partial charge is 0.493 e. The first kappa shape index (κ1) is 15.8. The highest BCUT2D eigenvalue weighted by atomic mass is 16.5. The third kappa shape index (κ3) is 5.76. The Morgan fingerprint density at radius 1 is 1.48 bits per heavy atom. The van der Waals surface area contributed by atoms with Gasteiger partial charge < -0.3 is 15.4 Å². The average molecular weight is 290 g/mol. The molecule has 0 aliphatic carbocycles. The van der Waals surface area contributed by atoms with Gasteiger partial charge in [0.25, 0.3) is 0 Å². The Kier molecular flexibility index (Phi) is 6.05. The van der Waals surface area contributed by atoms with Crippen LogP contribution < -0.4 is 15.4 Å². The van der Waals surface area contributed by atoms with E-state index in [-0.39, 0.29) is 5.91 Å². The van der Waals surface area contributed by atoms with Gasteiger partial charge in [0.15, 0.2) is 0 Å². The molecule has 1 atom stereocenters. The average Bonchev–Trinajstić information content (AvgIpc) is 2.96. The summed E-state index contributed by atoms with van der Waals surface area (Å²) in [5.74, 6) is 1.49. The first-order valence-electron chi connectivity index (χ1n) is 7.85. The van der Waals surface area contributed by atoms with E-state index in [4.69, 9.17) is 4.74 Å². The van der Waals surface area contributed by atoms with Crippen LogP contribution in [0.1, 0.15) is 38.7 Å². The number of benzene rings is 1. The quantitative estimate of drug-likeness (QED) is 0.811. The van der Waals surface area contributed by atoms with Gasteiger partial charge in [0.1, 0.15) is 5.75 Å². The molecule has 1 aliphatic rings. The highest BCUT2D eigenvalue weighted by molar-refractivity contribution is 5.76. The minimum absolute atomic E-state index is 0.114. The van der Waals surface area contributed by atoms with Gasteiger partial charge >= 0.3 is 0 Å². The SMILES string of the molecule is CC(C)COc1cccc(CNC(=O)CC2CCCN2)c1. The summed E-state index contributed by atoms with van der Waals surface area (Å²) in [7, 11) is 0. The van der Waals surface area contributed by atoms with Gasteiger partial charge in [0.2, 0.25) is 5.91 Å². The van der Waals surface area contributed by atoms with Crippen LogP contribution >= 0.6 is 0 Å². The predicted molar refractivity (Wildman–Crippen MR) is 84.3 cm³/mol. The van der Waals surface area contributed by atoms with Crippen LogP contribution in [0.4, 0.5) is 0 Å². The minimum Gasteiger partial charge on any atom is -0.493 e. The molecule has 1 saturated heterocycles. The number of hydrogen-bond acceptors (Lipinski definition) is 3. The van der Waals surface area contributed by atoms with Crippen molar-refractivity contribution in [2.75, 3.05) is 13.2 Å². The van der Waals surface area contributed by atoms with Crippen molar-refractivity contribution in [3.63, 3.8) is 0 Å². The second-order valence-electron chi connectivity index (χ2n) is 6.13. The van der Waals surface area contributed by atoms with Gasteiger partial charge in [-0.05, 0) is 43.0 Å². The molecule has 21 heavy (non-hydrogen) atoms. The van der Waals surface area contributed by atoms with E-state index in [1.54, 1.807) is 0 Å². The molecule has 1 aromatic rings. The molecule has 0 aromatic heterocycles. The maximum Gasteiger partial charge on any atom is 0.221 e. The second kappa shape index (κ2) is 8.03. The topological polar surface area (TPSA) is 50.4 Å². The first-order chi connectivity index (χ1) is 10.1. The highest BCUT2D eigenvalue weighted by Crippen LogP contribution is 2.14. The summed E-state index contributed by atoms with van der Waals surface area (Å²) in [6.07, 6.45) is 2.85. The van der Waals surface area contributed by atoms with Crippen LogP contribution in [0.15, 0.2) is 24.3 Å². The lowest BCUT2D eigenvalue weighted by Crippen LogP contribution is -2.31. The van der Waals surface area contributed by atoms with Gasteiger partial charge in [-0.3, -0.25) is 4.79 Å². The Morgan fingerprint density at radius 3 is 3.05 bits per heavy atom. The summed E-state index contributed by atoms with van der Waals surface area (Å²) >= 11 is 0. The Morgan fingerprint density at radius 2 is 2.33 bits per heavy atom. The minimum atomic E-state index is 0.114. The smallest absolute Gasteiger partial charge is 0.221 e. The number of hydrogen-bond donors (Lipinski definition) is 2. The van der Waals surface area contributed by atoms with Crippen LogP contribution in [0.3, 0.4) is 0 Å². The van der Waals surface area contributed by atoms with E-state index in [0.717, 1.165) is 24.3 Å². The maximum atomic E-state index is 11.9. The number of amides is 1. The monoisotopic (exact) mass is 290 g/mol. The summed E-state index contributed by atoms with van der Waals surface area (Å²) in [5.41, 5.74) is 1.07. The van der Waals surface area contributed by atoms with Crippen LogP contribution in [-0.2, 0) is 11.3 Å². The fourth-order valence-corrected chi connectivity index (χ4v) is 2.44. The zero-order chi connectivity index (χ0) is 15.1. The summed E-state index contributed by atoms with van der Waals surface area (Å²) in [6, 6.07) is 8.28. The molecule has 1 unspecified atom stereocenters. The normalized spacial score (nSPS) is 18.0. The van der Waals surface area contributed by atoms with E-state index in [0.29, 0.717) is 31.5 Å². The van der Waals surface area contributed by atoms with Gasteiger partial charge in [0, 0.05) is 19.0 Å². The van der Waals surface area contributed by atoms with Crippen molar-refractivity contribution >= 4 is 5.91 Å². The van der Waals surface area contributed by atoms with Crippen molar-refractivity contribution in [3.8, 4) is 5.75 Å². The molecule has 1 amide bonds. The Balaban J connectivity index is 1.76. The molecule has 1 fully saturated rings. The van der Waals surface area contributed by atoms with Crippen molar-refractivity contribution in [1.82, 2.24) is 10.6 Å². The molecule has 0 bridgehead atoms. The van der Waals surface area contributed by atoms with Crippen molar-refractivity contribution in [1.29, 1.82) is 0 Å². The molecule has 1 aliphatic heterocycles. The van der Waals surface area contributed by atoms with Gasteiger partial charge in [-0.1, -0.05) is 26.0 Å². The maximum absolute atomic E-state index is 11.9. The standard InChI is InChI=1S/C17H26N2O2/c1-13(2)12-21-16-7-3-5-14(9-16)11-19-17(20)10-15-6-4-8-18-15/h3,5,7,9,13,15,18H,4,6,8,10-12H2,1-2H3,(H,19,20). The van der Waals surface area contributed by atoms with E-state index in [2.05, 4.69) is 24.5 Å². The van der Waals surface area contributed by atoms with Crippen LogP contribution in [0, 0.1) is 5.92 Å². The fraction of sp³-hybridized carbons (Fsp3) is 0.588. The Hall–Kier alpha value is -1.55. The lowest BCUT2D eigenvalue weighted by Gasteiger charge is -2.12. The van der Waals surface area contributed by atoms with E-state index >= 15 is 0 Å². The fourth-order valence-electron chi connectivity index (χ4n) is 2.44. The van der Waals surface area contributed by atoms with Gasteiger partial charge in [0.05, 0.1) is 6.61 Å². The van der Waals surface area contributed by atoms with Crippen molar-refractivity contribution in [2.45, 2.75) is 45.7 Å². The molecular formula is C17H26N2O2. The van der Waals surface area contributed by atoms with Gasteiger partial charge in [-0.2, -0.15) is 0 Å². The predicted octanol–water partition coefficient (Wildman–Crippen LogP) is 2.48. The molecule has 0 spiro atoms. The van der Waals surface area contributed by atoms with Crippen LogP contribution in [0.2, 0.25) is 0 Å². The lowest BCUT2D eigenvalue weighted by atomic mass is 10.1. The molecule has 2 N–H and O–H groups in total. The number of carbonyl (C=O) groups is 1. The molecule has 1 aromatic carbocycles. The van der Waals surface area contributed by atoms with Crippen molar-refractivity contribution in [2.24, 2.45) is 5.92 Å². The van der Waals surface area contributed by atoms with E-state index in [9.17, 15) is 4.79 Å². The first-order valence-corrected chi connectivity index (χ1v) is 7.85. The molecule has 4 nitrogen and oxygen atoms in total. The summed E-state index contributed by atoms with van der Waals surface area (Å²) < 4.78 is 5.70. The summed E-state index contributed by atoms with van der Waals surface area (Å²) in [5, 5.41) is 6.32. The number of rotatable bonds is 7. The number of carbonyl (C=O) groups excluding carboxylic acids is 1. The Labute approximate surface area is 127 Å². The van der Waals surface area contributed by atoms with Crippen LogP contribution in [0.5, 0.6) is 5.75 Å². The number of ether oxygens (including phenoxy) is 1. The van der Waals surface area contributed by atoms with E-state index < -0.39 is 0 Å². The third-order valence-corrected chi connectivity index (χ3v) is 3.57.